The van der Waals surface area contributed by atoms with Crippen LogP contribution in [0, 0.1) is 5.92 Å². The van der Waals surface area contributed by atoms with Crippen molar-refractivity contribution in [3.05, 3.63) is 29.8 Å². The Labute approximate surface area is 104 Å². The Hall–Kier alpha value is -0.940. The lowest BCUT2D eigenvalue weighted by Gasteiger charge is -2.27. The van der Waals surface area contributed by atoms with Gasteiger partial charge in [-0.3, -0.25) is 0 Å². The fourth-order valence-corrected chi connectivity index (χ4v) is 1.65. The smallest absolute Gasteiger partial charge is 0.406 e. The first-order valence-electron chi connectivity index (χ1n) is 5.08. The maximum atomic E-state index is 11.9. The molecule has 0 bridgehead atoms. The summed E-state index contributed by atoms with van der Waals surface area (Å²) >= 11 is 0. The predicted molar refractivity (Wildman–Crippen MR) is 60.4 cm³/mol. The van der Waals surface area contributed by atoms with Crippen LogP contribution in [-0.4, -0.2) is 19.5 Å². The van der Waals surface area contributed by atoms with Crippen molar-refractivity contribution in [3.8, 4) is 5.75 Å². The Balaban J connectivity index is 0.00000144. The van der Waals surface area contributed by atoms with Gasteiger partial charge in [-0.15, -0.1) is 25.6 Å². The first-order valence-corrected chi connectivity index (χ1v) is 5.08. The number of ether oxygens (including phenoxy) is 1. The summed E-state index contributed by atoms with van der Waals surface area (Å²) in [7, 11) is 0. The summed E-state index contributed by atoms with van der Waals surface area (Å²) in [5.41, 5.74) is 1.04. The first-order chi connectivity index (χ1) is 7.53. The van der Waals surface area contributed by atoms with Gasteiger partial charge in [-0.2, -0.15) is 0 Å². The van der Waals surface area contributed by atoms with Crippen LogP contribution >= 0.6 is 12.4 Å². The predicted octanol–water partition coefficient (Wildman–Crippen LogP) is 2.77. The molecule has 0 aromatic heterocycles. The first kappa shape index (κ1) is 14.1. The molecule has 6 heteroatoms. The maximum Gasteiger partial charge on any atom is 0.573 e. The highest BCUT2D eigenvalue weighted by atomic mass is 35.5. The molecule has 0 atom stereocenters. The molecule has 1 aromatic carbocycles. The third-order valence-electron chi connectivity index (χ3n) is 2.55. The molecule has 0 saturated carbocycles. The van der Waals surface area contributed by atoms with Gasteiger partial charge in [0.15, 0.2) is 0 Å². The molecule has 2 nitrogen and oxygen atoms in total. The standard InChI is InChI=1S/C11H12F3NO.ClH/c12-11(13,14)16-10-3-1-8(2-4-10)5-9-6-15-7-9;/h1-4,9,15H,5-7H2;1H. The van der Waals surface area contributed by atoms with Crippen molar-refractivity contribution in [1.29, 1.82) is 0 Å². The molecule has 0 radical (unpaired) electrons. The number of nitrogens with one attached hydrogen (secondary N) is 1. The van der Waals surface area contributed by atoms with E-state index in [2.05, 4.69) is 10.1 Å². The minimum atomic E-state index is -4.61. The zero-order chi connectivity index (χ0) is 11.6. The second-order valence-corrected chi connectivity index (χ2v) is 3.92. The van der Waals surface area contributed by atoms with E-state index < -0.39 is 6.36 Å². The van der Waals surface area contributed by atoms with Crippen LogP contribution in [-0.2, 0) is 6.42 Å². The van der Waals surface area contributed by atoms with E-state index in [-0.39, 0.29) is 18.2 Å². The molecule has 1 fully saturated rings. The summed E-state index contributed by atoms with van der Waals surface area (Å²) in [4.78, 5) is 0. The fraction of sp³-hybridized carbons (Fsp3) is 0.455. The quantitative estimate of drug-likeness (QED) is 0.909. The SMILES string of the molecule is Cl.FC(F)(F)Oc1ccc(CC2CNC2)cc1. The molecule has 17 heavy (non-hydrogen) atoms. The molecule has 0 spiro atoms. The van der Waals surface area contributed by atoms with E-state index in [1.807, 2.05) is 0 Å². The van der Waals surface area contributed by atoms with Gasteiger partial charge in [-0.25, -0.2) is 0 Å². The van der Waals surface area contributed by atoms with Crippen LogP contribution in [0.5, 0.6) is 5.75 Å². The zero-order valence-corrected chi connectivity index (χ0v) is 9.77. The van der Waals surface area contributed by atoms with Gasteiger partial charge in [0.25, 0.3) is 0 Å². The molecule has 2 rings (SSSR count). The van der Waals surface area contributed by atoms with Crippen molar-refractivity contribution >= 4 is 12.4 Å². The van der Waals surface area contributed by atoms with E-state index in [4.69, 9.17) is 0 Å². The largest absolute Gasteiger partial charge is 0.573 e. The van der Waals surface area contributed by atoms with E-state index in [1.165, 1.54) is 12.1 Å². The van der Waals surface area contributed by atoms with Gasteiger partial charge >= 0.3 is 6.36 Å². The van der Waals surface area contributed by atoms with Crippen molar-refractivity contribution in [2.75, 3.05) is 13.1 Å². The number of hydrogen-bond donors (Lipinski definition) is 1. The van der Waals surface area contributed by atoms with Gasteiger partial charge in [0, 0.05) is 0 Å². The van der Waals surface area contributed by atoms with Gasteiger partial charge in [0.05, 0.1) is 0 Å². The van der Waals surface area contributed by atoms with Gasteiger partial charge in [-0.1, -0.05) is 12.1 Å². The maximum absolute atomic E-state index is 11.9. The van der Waals surface area contributed by atoms with E-state index >= 15 is 0 Å². The average molecular weight is 268 g/mol. The minimum Gasteiger partial charge on any atom is -0.406 e. The summed E-state index contributed by atoms with van der Waals surface area (Å²) in [6, 6.07) is 6.07. The van der Waals surface area contributed by atoms with Crippen molar-refractivity contribution in [3.63, 3.8) is 0 Å². The van der Waals surface area contributed by atoms with Crippen LogP contribution in [0.3, 0.4) is 0 Å². The van der Waals surface area contributed by atoms with Gasteiger partial charge in [0.2, 0.25) is 0 Å². The fourth-order valence-electron chi connectivity index (χ4n) is 1.65. The number of rotatable bonds is 3. The van der Waals surface area contributed by atoms with Crippen molar-refractivity contribution in [1.82, 2.24) is 5.32 Å². The average Bonchev–Trinajstić information content (AvgIpc) is 2.11. The highest BCUT2D eigenvalue weighted by Crippen LogP contribution is 2.23. The molecule has 96 valence electrons. The van der Waals surface area contributed by atoms with Crippen LogP contribution < -0.4 is 10.1 Å². The van der Waals surface area contributed by atoms with Gasteiger partial charge in [0.1, 0.15) is 5.75 Å². The van der Waals surface area contributed by atoms with E-state index in [9.17, 15) is 13.2 Å². The van der Waals surface area contributed by atoms with Crippen molar-refractivity contribution in [2.45, 2.75) is 12.8 Å². The van der Waals surface area contributed by atoms with Gasteiger partial charge < -0.3 is 10.1 Å². The number of halogens is 4. The van der Waals surface area contributed by atoms with Crippen LogP contribution in [0.4, 0.5) is 13.2 Å². The summed E-state index contributed by atoms with van der Waals surface area (Å²) < 4.78 is 39.4. The Bertz CT molecular complexity index is 349. The van der Waals surface area contributed by atoms with Crippen LogP contribution in [0.25, 0.3) is 0 Å². The summed E-state index contributed by atoms with van der Waals surface area (Å²) in [5, 5.41) is 3.15. The van der Waals surface area contributed by atoms with Gasteiger partial charge in [-0.05, 0) is 43.1 Å². The van der Waals surface area contributed by atoms with E-state index in [0.29, 0.717) is 5.92 Å². The van der Waals surface area contributed by atoms with E-state index in [1.54, 1.807) is 12.1 Å². The molecule has 0 unspecified atom stereocenters. The molecule has 0 amide bonds. The molecule has 1 saturated heterocycles. The number of benzene rings is 1. The minimum absolute atomic E-state index is 0. The van der Waals surface area contributed by atoms with E-state index in [0.717, 1.165) is 25.1 Å². The molecule has 1 N–H and O–H groups in total. The lowest BCUT2D eigenvalue weighted by Crippen LogP contribution is -2.43. The molecule has 1 aliphatic heterocycles. The van der Waals surface area contributed by atoms with Crippen LogP contribution in [0.15, 0.2) is 24.3 Å². The Morgan fingerprint density at radius 1 is 1.18 bits per heavy atom. The highest BCUT2D eigenvalue weighted by Gasteiger charge is 2.31. The Morgan fingerprint density at radius 2 is 1.76 bits per heavy atom. The molecule has 1 aliphatic rings. The molecular formula is C11H13ClF3NO. The van der Waals surface area contributed by atoms with Crippen molar-refractivity contribution < 1.29 is 17.9 Å². The highest BCUT2D eigenvalue weighted by molar-refractivity contribution is 5.85. The summed E-state index contributed by atoms with van der Waals surface area (Å²) in [6.45, 7) is 1.97. The van der Waals surface area contributed by atoms with Crippen molar-refractivity contribution in [2.24, 2.45) is 5.92 Å². The second kappa shape index (κ2) is 5.60. The molecular weight excluding hydrogens is 255 g/mol. The summed E-state index contributed by atoms with van der Waals surface area (Å²) in [5.74, 6) is 0.442. The molecule has 1 heterocycles. The topological polar surface area (TPSA) is 21.3 Å². The zero-order valence-electron chi connectivity index (χ0n) is 8.96. The Morgan fingerprint density at radius 3 is 2.18 bits per heavy atom. The normalized spacial score (nSPS) is 15.9. The molecule has 0 aliphatic carbocycles. The second-order valence-electron chi connectivity index (χ2n) is 3.92. The number of alkyl halides is 3. The summed E-state index contributed by atoms with van der Waals surface area (Å²) in [6.07, 6.45) is -3.71. The third-order valence-corrected chi connectivity index (χ3v) is 2.55. The molecule has 1 aromatic rings. The monoisotopic (exact) mass is 267 g/mol. The lowest BCUT2D eigenvalue weighted by molar-refractivity contribution is -0.274. The number of hydrogen-bond acceptors (Lipinski definition) is 2. The third kappa shape index (κ3) is 4.44. The van der Waals surface area contributed by atoms with Crippen LogP contribution in [0.2, 0.25) is 0 Å². The lowest BCUT2D eigenvalue weighted by atomic mass is 9.94. The van der Waals surface area contributed by atoms with Crippen LogP contribution in [0.1, 0.15) is 5.56 Å². The Kier molecular flexibility index (Phi) is 4.65.